The molecule has 0 aromatic heterocycles. The minimum atomic E-state index is -0.00257. The van der Waals surface area contributed by atoms with Crippen molar-refractivity contribution in [2.75, 3.05) is 17.2 Å². The molecule has 1 heterocycles. The highest BCUT2D eigenvalue weighted by Crippen LogP contribution is 2.35. The molecule has 0 bridgehead atoms. The van der Waals surface area contributed by atoms with Gasteiger partial charge in [-0.15, -0.1) is 0 Å². The molecule has 2 N–H and O–H groups in total. The van der Waals surface area contributed by atoms with Crippen LogP contribution in [0.2, 0.25) is 0 Å². The maximum Gasteiger partial charge on any atom is 0.259 e. The largest absolute Gasteiger partial charge is 0.397 e. The third-order valence-corrected chi connectivity index (χ3v) is 4.31. The molecule has 1 amide bonds. The van der Waals surface area contributed by atoms with Crippen molar-refractivity contribution in [3.63, 3.8) is 0 Å². The standard InChI is InChI=1S/C16H15BrN2O/c1-10-5-6-13(17)12(9-10)16(20)19-8-7-11-3-2-4-14(18)15(11)19/h2-6,9H,7-8,18H2,1H3. The zero-order valence-corrected chi connectivity index (χ0v) is 12.8. The topological polar surface area (TPSA) is 46.3 Å². The van der Waals surface area contributed by atoms with Crippen LogP contribution in [0, 0.1) is 6.92 Å². The number of nitrogen functional groups attached to an aromatic ring is 1. The fourth-order valence-electron chi connectivity index (χ4n) is 2.64. The number of hydrogen-bond donors (Lipinski definition) is 1. The summed E-state index contributed by atoms with van der Waals surface area (Å²) in [6.45, 7) is 2.66. The van der Waals surface area contributed by atoms with E-state index in [1.54, 1.807) is 4.90 Å². The van der Waals surface area contributed by atoms with E-state index < -0.39 is 0 Å². The molecule has 0 spiro atoms. The summed E-state index contributed by atoms with van der Waals surface area (Å²) in [7, 11) is 0. The minimum Gasteiger partial charge on any atom is -0.397 e. The van der Waals surface area contributed by atoms with Crippen LogP contribution >= 0.6 is 15.9 Å². The molecular formula is C16H15BrN2O. The molecule has 20 heavy (non-hydrogen) atoms. The number of para-hydroxylation sites is 1. The molecule has 0 aliphatic carbocycles. The monoisotopic (exact) mass is 330 g/mol. The van der Waals surface area contributed by atoms with E-state index in [1.165, 1.54) is 0 Å². The molecule has 2 aromatic carbocycles. The SMILES string of the molecule is Cc1ccc(Br)c(C(=O)N2CCc3cccc(N)c32)c1. The smallest absolute Gasteiger partial charge is 0.259 e. The Morgan fingerprint density at radius 3 is 2.90 bits per heavy atom. The summed E-state index contributed by atoms with van der Waals surface area (Å²) in [5.74, 6) is -0.00257. The number of anilines is 2. The van der Waals surface area contributed by atoms with E-state index in [-0.39, 0.29) is 5.91 Å². The summed E-state index contributed by atoms with van der Waals surface area (Å²) in [6.07, 6.45) is 0.857. The fraction of sp³-hybridized carbons (Fsp3) is 0.188. The van der Waals surface area contributed by atoms with E-state index in [1.807, 2.05) is 43.3 Å². The van der Waals surface area contributed by atoms with Gasteiger partial charge in [0.2, 0.25) is 0 Å². The number of fused-ring (bicyclic) bond motifs is 1. The molecule has 3 rings (SSSR count). The molecule has 0 atom stereocenters. The van der Waals surface area contributed by atoms with Gasteiger partial charge < -0.3 is 10.6 Å². The Kier molecular flexibility index (Phi) is 3.26. The Morgan fingerprint density at radius 2 is 2.10 bits per heavy atom. The third-order valence-electron chi connectivity index (χ3n) is 3.62. The van der Waals surface area contributed by atoms with Gasteiger partial charge in [0.1, 0.15) is 0 Å². The van der Waals surface area contributed by atoms with Crippen LogP contribution in [0.1, 0.15) is 21.5 Å². The van der Waals surface area contributed by atoms with E-state index in [0.29, 0.717) is 17.8 Å². The number of aryl methyl sites for hydroxylation is 1. The lowest BCUT2D eigenvalue weighted by Gasteiger charge is -2.20. The van der Waals surface area contributed by atoms with Gasteiger partial charge >= 0.3 is 0 Å². The first-order valence-electron chi connectivity index (χ1n) is 6.53. The number of nitrogens with two attached hydrogens (primary N) is 1. The molecule has 1 aliphatic heterocycles. The highest BCUT2D eigenvalue weighted by Gasteiger charge is 2.28. The molecule has 1 aliphatic rings. The number of rotatable bonds is 1. The summed E-state index contributed by atoms with van der Waals surface area (Å²) in [6, 6.07) is 11.6. The van der Waals surface area contributed by atoms with Crippen LogP contribution in [-0.4, -0.2) is 12.5 Å². The van der Waals surface area contributed by atoms with Gasteiger partial charge in [0.05, 0.1) is 16.9 Å². The molecule has 102 valence electrons. The number of amides is 1. The number of halogens is 1. The number of carbonyl (C=O) groups excluding carboxylic acids is 1. The quantitative estimate of drug-likeness (QED) is 0.813. The first-order valence-corrected chi connectivity index (χ1v) is 7.32. The molecule has 0 saturated carbocycles. The fourth-order valence-corrected chi connectivity index (χ4v) is 3.05. The van der Waals surface area contributed by atoms with E-state index in [9.17, 15) is 4.79 Å². The summed E-state index contributed by atoms with van der Waals surface area (Å²) in [4.78, 5) is 14.6. The second kappa shape index (κ2) is 4.94. The van der Waals surface area contributed by atoms with Crippen LogP contribution < -0.4 is 10.6 Å². The number of hydrogen-bond acceptors (Lipinski definition) is 2. The Bertz CT molecular complexity index is 697. The van der Waals surface area contributed by atoms with Gasteiger partial charge in [0.15, 0.2) is 0 Å². The predicted octanol–water partition coefficient (Wildman–Crippen LogP) is 3.54. The lowest BCUT2D eigenvalue weighted by Crippen LogP contribution is -2.29. The van der Waals surface area contributed by atoms with Gasteiger partial charge in [-0.3, -0.25) is 4.79 Å². The van der Waals surface area contributed by atoms with Crippen molar-refractivity contribution in [2.24, 2.45) is 0 Å². The van der Waals surface area contributed by atoms with E-state index >= 15 is 0 Å². The molecule has 0 unspecified atom stereocenters. The van der Waals surface area contributed by atoms with Gasteiger partial charge in [-0.1, -0.05) is 23.8 Å². The van der Waals surface area contributed by atoms with Crippen LogP contribution in [0.5, 0.6) is 0 Å². The number of nitrogens with zero attached hydrogens (tertiary/aromatic N) is 1. The van der Waals surface area contributed by atoms with Crippen molar-refractivity contribution < 1.29 is 4.79 Å². The normalized spacial score (nSPS) is 13.4. The Hall–Kier alpha value is -1.81. The molecule has 0 saturated heterocycles. The van der Waals surface area contributed by atoms with Crippen LogP contribution in [0.15, 0.2) is 40.9 Å². The summed E-state index contributed by atoms with van der Waals surface area (Å²) in [5, 5.41) is 0. The molecule has 0 fully saturated rings. The van der Waals surface area contributed by atoms with Crippen LogP contribution in [0.25, 0.3) is 0 Å². The summed E-state index contributed by atoms with van der Waals surface area (Å²) < 4.78 is 0.816. The molecule has 4 heteroatoms. The first-order chi connectivity index (χ1) is 9.58. The Labute approximate surface area is 126 Å². The van der Waals surface area contributed by atoms with Crippen molar-refractivity contribution in [3.05, 3.63) is 57.6 Å². The molecule has 2 aromatic rings. The molecule has 0 radical (unpaired) electrons. The van der Waals surface area contributed by atoms with Crippen LogP contribution in [-0.2, 0) is 6.42 Å². The maximum absolute atomic E-state index is 12.8. The van der Waals surface area contributed by atoms with Gasteiger partial charge in [0.25, 0.3) is 5.91 Å². The zero-order valence-electron chi connectivity index (χ0n) is 11.2. The van der Waals surface area contributed by atoms with Crippen LogP contribution in [0.4, 0.5) is 11.4 Å². The third kappa shape index (κ3) is 2.10. The van der Waals surface area contributed by atoms with Crippen molar-refractivity contribution in [2.45, 2.75) is 13.3 Å². The van der Waals surface area contributed by atoms with Crippen molar-refractivity contribution in [1.82, 2.24) is 0 Å². The lowest BCUT2D eigenvalue weighted by molar-refractivity contribution is 0.0988. The van der Waals surface area contributed by atoms with Crippen LogP contribution in [0.3, 0.4) is 0 Å². The highest BCUT2D eigenvalue weighted by molar-refractivity contribution is 9.10. The number of benzene rings is 2. The van der Waals surface area contributed by atoms with Gasteiger partial charge in [-0.2, -0.15) is 0 Å². The second-order valence-electron chi connectivity index (χ2n) is 5.05. The van der Waals surface area contributed by atoms with Gasteiger partial charge in [0, 0.05) is 11.0 Å². The van der Waals surface area contributed by atoms with E-state index in [0.717, 1.165) is 27.7 Å². The second-order valence-corrected chi connectivity index (χ2v) is 5.90. The van der Waals surface area contributed by atoms with E-state index in [4.69, 9.17) is 5.73 Å². The molecule has 3 nitrogen and oxygen atoms in total. The molecular weight excluding hydrogens is 316 g/mol. The predicted molar refractivity (Wildman–Crippen MR) is 85.1 cm³/mol. The van der Waals surface area contributed by atoms with Gasteiger partial charge in [-0.05, 0) is 53.0 Å². The Morgan fingerprint density at radius 1 is 1.30 bits per heavy atom. The highest BCUT2D eigenvalue weighted by atomic mass is 79.9. The maximum atomic E-state index is 12.8. The van der Waals surface area contributed by atoms with Gasteiger partial charge in [-0.25, -0.2) is 0 Å². The average molecular weight is 331 g/mol. The summed E-state index contributed by atoms with van der Waals surface area (Å²) in [5.41, 5.74) is 10.5. The van der Waals surface area contributed by atoms with Crippen molar-refractivity contribution in [3.8, 4) is 0 Å². The number of carbonyl (C=O) groups is 1. The zero-order chi connectivity index (χ0) is 14.3. The summed E-state index contributed by atoms with van der Waals surface area (Å²) >= 11 is 3.46. The van der Waals surface area contributed by atoms with Crippen molar-refractivity contribution >= 4 is 33.2 Å². The minimum absolute atomic E-state index is 0.00257. The average Bonchev–Trinajstić information content (AvgIpc) is 2.86. The van der Waals surface area contributed by atoms with E-state index in [2.05, 4.69) is 15.9 Å². The Balaban J connectivity index is 2.04. The lowest BCUT2D eigenvalue weighted by atomic mass is 10.1. The first kappa shape index (κ1) is 13.2. The van der Waals surface area contributed by atoms with Crippen molar-refractivity contribution in [1.29, 1.82) is 0 Å².